The Kier molecular flexibility index (Phi) is 8.37. The van der Waals surface area contributed by atoms with Gasteiger partial charge in [-0.05, 0) is 42.1 Å². The number of carbonyl (C=O) groups is 3. The molecule has 188 valence electrons. The van der Waals surface area contributed by atoms with Gasteiger partial charge in [-0.15, -0.1) is 11.3 Å². The first-order chi connectivity index (χ1) is 17.0. The molecule has 0 spiro atoms. The highest BCUT2D eigenvalue weighted by molar-refractivity contribution is 7.12. The fourth-order valence-corrected chi connectivity index (χ4v) is 5.35. The summed E-state index contributed by atoms with van der Waals surface area (Å²) in [6.07, 6.45) is 0.394. The molecular formula is C25H32N4O5S. The molecule has 1 N–H and O–H groups in total. The Labute approximate surface area is 209 Å². The number of nitrogens with zero attached hydrogens (tertiary/aromatic N) is 3. The van der Waals surface area contributed by atoms with E-state index in [2.05, 4.69) is 5.32 Å². The van der Waals surface area contributed by atoms with Crippen LogP contribution in [0.3, 0.4) is 0 Å². The summed E-state index contributed by atoms with van der Waals surface area (Å²) in [4.78, 5) is 46.3. The van der Waals surface area contributed by atoms with Crippen molar-refractivity contribution in [2.24, 2.45) is 0 Å². The zero-order valence-corrected chi connectivity index (χ0v) is 21.0. The first kappa shape index (κ1) is 25.2. The van der Waals surface area contributed by atoms with Crippen molar-refractivity contribution < 1.29 is 23.9 Å². The molecule has 3 amide bonds. The molecule has 1 aromatic heterocycles. The van der Waals surface area contributed by atoms with Crippen LogP contribution in [-0.2, 0) is 9.53 Å². The van der Waals surface area contributed by atoms with E-state index in [4.69, 9.17) is 9.47 Å². The van der Waals surface area contributed by atoms with Gasteiger partial charge in [0.2, 0.25) is 5.91 Å². The van der Waals surface area contributed by atoms with Crippen molar-refractivity contribution in [2.45, 2.75) is 18.5 Å². The fraction of sp³-hybridized carbons (Fsp3) is 0.480. The Morgan fingerprint density at radius 3 is 2.49 bits per heavy atom. The number of likely N-dealkylation sites (tertiary alicyclic amines) is 1. The SMILES string of the molecule is COCCN(C(=O)c1ccc(OC)cc1)C1CC(C(=O)N2CCNCC2)N(C(=O)c2cccs2)C1. The van der Waals surface area contributed by atoms with Crippen LogP contribution < -0.4 is 10.1 Å². The highest BCUT2D eigenvalue weighted by atomic mass is 32.1. The lowest BCUT2D eigenvalue weighted by Gasteiger charge is -2.32. The molecule has 0 radical (unpaired) electrons. The van der Waals surface area contributed by atoms with Crippen molar-refractivity contribution in [2.75, 3.05) is 60.1 Å². The molecule has 1 aromatic carbocycles. The average molecular weight is 501 g/mol. The minimum Gasteiger partial charge on any atom is -0.497 e. The lowest BCUT2D eigenvalue weighted by molar-refractivity contribution is -0.135. The van der Waals surface area contributed by atoms with Crippen LogP contribution in [0.2, 0.25) is 0 Å². The lowest BCUT2D eigenvalue weighted by Crippen LogP contribution is -2.53. The standard InChI is InChI=1S/C25H32N4O5S/c1-33-14-13-28(23(30)18-5-7-20(34-2)8-6-18)19-16-21(24(31)27-11-9-26-10-12-27)29(17-19)25(32)22-4-3-15-35-22/h3-8,15,19,21,26H,9-14,16-17H2,1-2H3. The van der Waals surface area contributed by atoms with Crippen LogP contribution in [0.25, 0.3) is 0 Å². The van der Waals surface area contributed by atoms with Gasteiger partial charge in [0.1, 0.15) is 11.8 Å². The quantitative estimate of drug-likeness (QED) is 0.592. The van der Waals surface area contributed by atoms with Gasteiger partial charge < -0.3 is 29.5 Å². The van der Waals surface area contributed by atoms with Crippen LogP contribution in [0.1, 0.15) is 26.5 Å². The number of thiophene rings is 1. The zero-order chi connectivity index (χ0) is 24.8. The maximum absolute atomic E-state index is 13.5. The van der Waals surface area contributed by atoms with Gasteiger partial charge in [-0.3, -0.25) is 14.4 Å². The summed E-state index contributed by atoms with van der Waals surface area (Å²) in [5, 5.41) is 5.11. The van der Waals surface area contributed by atoms with Gasteiger partial charge in [0.15, 0.2) is 0 Å². The summed E-state index contributed by atoms with van der Waals surface area (Å²) in [5.41, 5.74) is 0.523. The monoisotopic (exact) mass is 500 g/mol. The molecule has 35 heavy (non-hydrogen) atoms. The Morgan fingerprint density at radius 2 is 1.86 bits per heavy atom. The third-order valence-corrected chi connectivity index (χ3v) is 7.42. The number of benzene rings is 1. The van der Waals surface area contributed by atoms with Crippen molar-refractivity contribution in [3.8, 4) is 5.75 Å². The summed E-state index contributed by atoms with van der Waals surface area (Å²) in [6.45, 7) is 3.70. The summed E-state index contributed by atoms with van der Waals surface area (Å²) in [7, 11) is 3.17. The normalized spacial score (nSPS) is 20.1. The molecule has 2 aliphatic heterocycles. The molecule has 0 aliphatic carbocycles. The Bertz CT molecular complexity index is 1010. The lowest BCUT2D eigenvalue weighted by atomic mass is 10.1. The van der Waals surface area contributed by atoms with Gasteiger partial charge in [0.05, 0.1) is 24.6 Å². The zero-order valence-electron chi connectivity index (χ0n) is 20.1. The van der Waals surface area contributed by atoms with Crippen molar-refractivity contribution >= 4 is 29.1 Å². The van der Waals surface area contributed by atoms with Crippen LogP contribution in [0.4, 0.5) is 0 Å². The van der Waals surface area contributed by atoms with Crippen LogP contribution >= 0.6 is 11.3 Å². The van der Waals surface area contributed by atoms with Crippen LogP contribution in [-0.4, -0.2) is 105 Å². The second kappa shape index (κ2) is 11.7. The molecule has 4 rings (SSSR count). The van der Waals surface area contributed by atoms with Crippen molar-refractivity contribution in [3.63, 3.8) is 0 Å². The van der Waals surface area contributed by atoms with E-state index in [-0.39, 0.29) is 23.8 Å². The van der Waals surface area contributed by atoms with Crippen molar-refractivity contribution in [1.82, 2.24) is 20.0 Å². The molecule has 2 aliphatic rings. The topological polar surface area (TPSA) is 91.4 Å². The molecule has 10 heteroatoms. The van der Waals surface area contributed by atoms with E-state index in [0.717, 1.165) is 13.1 Å². The number of amides is 3. The van der Waals surface area contributed by atoms with E-state index in [9.17, 15) is 14.4 Å². The Balaban J connectivity index is 1.60. The molecule has 2 saturated heterocycles. The number of nitrogens with one attached hydrogen (secondary N) is 1. The summed E-state index contributed by atoms with van der Waals surface area (Å²) in [5.74, 6) is 0.288. The third-order valence-electron chi connectivity index (χ3n) is 6.56. The maximum Gasteiger partial charge on any atom is 0.264 e. The number of hydrogen-bond donors (Lipinski definition) is 1. The smallest absolute Gasteiger partial charge is 0.264 e. The number of carbonyl (C=O) groups excluding carboxylic acids is 3. The van der Waals surface area contributed by atoms with E-state index in [1.54, 1.807) is 54.4 Å². The maximum atomic E-state index is 13.5. The molecule has 3 heterocycles. The van der Waals surface area contributed by atoms with Gasteiger partial charge >= 0.3 is 0 Å². The van der Waals surface area contributed by atoms with Crippen molar-refractivity contribution in [1.29, 1.82) is 0 Å². The molecule has 9 nitrogen and oxygen atoms in total. The van der Waals surface area contributed by atoms with Crippen molar-refractivity contribution in [3.05, 3.63) is 52.2 Å². The van der Waals surface area contributed by atoms with E-state index in [1.807, 2.05) is 16.3 Å². The van der Waals surface area contributed by atoms with Gasteiger partial charge in [-0.1, -0.05) is 6.07 Å². The largest absolute Gasteiger partial charge is 0.497 e. The third kappa shape index (κ3) is 5.66. The molecule has 2 aromatic rings. The molecule has 2 unspecified atom stereocenters. The number of ether oxygens (including phenoxy) is 2. The van der Waals surface area contributed by atoms with Crippen LogP contribution in [0, 0.1) is 0 Å². The summed E-state index contributed by atoms with van der Waals surface area (Å²) in [6, 6.07) is 9.65. The highest BCUT2D eigenvalue weighted by Gasteiger charge is 2.45. The minimum atomic E-state index is -0.610. The summed E-state index contributed by atoms with van der Waals surface area (Å²) >= 11 is 1.36. The van der Waals surface area contributed by atoms with Gasteiger partial charge in [-0.25, -0.2) is 0 Å². The van der Waals surface area contributed by atoms with Gasteiger partial charge in [0.25, 0.3) is 11.8 Å². The Morgan fingerprint density at radius 1 is 1.11 bits per heavy atom. The molecule has 2 atom stereocenters. The van der Waals surface area contributed by atoms with E-state index < -0.39 is 6.04 Å². The number of methoxy groups -OCH3 is 2. The second-order valence-corrected chi connectivity index (χ2v) is 9.58. The molecular weight excluding hydrogens is 468 g/mol. The number of hydrogen-bond acceptors (Lipinski definition) is 7. The number of rotatable bonds is 8. The molecule has 0 saturated carbocycles. The number of piperazine rings is 1. The fourth-order valence-electron chi connectivity index (χ4n) is 4.67. The van der Waals surface area contributed by atoms with Gasteiger partial charge in [-0.2, -0.15) is 0 Å². The van der Waals surface area contributed by atoms with E-state index >= 15 is 0 Å². The summed E-state index contributed by atoms with van der Waals surface area (Å²) < 4.78 is 10.5. The first-order valence-electron chi connectivity index (χ1n) is 11.8. The minimum absolute atomic E-state index is 0.0532. The van der Waals surface area contributed by atoms with E-state index in [1.165, 1.54) is 11.3 Å². The first-order valence-corrected chi connectivity index (χ1v) is 12.7. The van der Waals surface area contributed by atoms with Crippen LogP contribution in [0.5, 0.6) is 5.75 Å². The van der Waals surface area contributed by atoms with Crippen LogP contribution in [0.15, 0.2) is 41.8 Å². The molecule has 0 bridgehead atoms. The second-order valence-electron chi connectivity index (χ2n) is 8.64. The van der Waals surface area contributed by atoms with Gasteiger partial charge in [0, 0.05) is 51.9 Å². The highest BCUT2D eigenvalue weighted by Crippen LogP contribution is 2.28. The van der Waals surface area contributed by atoms with E-state index in [0.29, 0.717) is 55.4 Å². The predicted molar refractivity (Wildman–Crippen MR) is 133 cm³/mol. The molecule has 2 fully saturated rings. The average Bonchev–Trinajstić information content (AvgIpc) is 3.60. The predicted octanol–water partition coefficient (Wildman–Crippen LogP) is 1.56. The Hall–Kier alpha value is -2.95.